The van der Waals surface area contributed by atoms with Gasteiger partial charge in [0.25, 0.3) is 0 Å². The van der Waals surface area contributed by atoms with Crippen molar-refractivity contribution in [2.24, 2.45) is 5.92 Å². The van der Waals surface area contributed by atoms with Gasteiger partial charge in [0.2, 0.25) is 0 Å². The van der Waals surface area contributed by atoms with Crippen LogP contribution in [0.2, 0.25) is 0 Å². The van der Waals surface area contributed by atoms with Crippen molar-refractivity contribution in [3.05, 3.63) is 35.9 Å². The number of nitrogens with zero attached hydrogens (tertiary/aromatic N) is 1. The maximum atomic E-state index is 12.3. The molecule has 0 bridgehead atoms. The number of carboxylic acid groups (broad SMARTS) is 1. The van der Waals surface area contributed by atoms with E-state index in [1.807, 2.05) is 30.3 Å². The lowest BCUT2D eigenvalue weighted by Gasteiger charge is -2.36. The molecular weight excluding hydrogens is 352 g/mol. The zero-order valence-corrected chi connectivity index (χ0v) is 15.8. The molecule has 1 heterocycles. The molecule has 27 heavy (non-hydrogen) atoms. The first-order valence-electron chi connectivity index (χ1n) is 8.82. The number of carbonyl (C=O) groups is 3. The van der Waals surface area contributed by atoms with E-state index in [0.29, 0.717) is 0 Å². The summed E-state index contributed by atoms with van der Waals surface area (Å²) in [5.74, 6) is -1.81. The van der Waals surface area contributed by atoms with E-state index in [-0.39, 0.29) is 26.1 Å². The first kappa shape index (κ1) is 20.5. The number of carboxylic acids is 1. The van der Waals surface area contributed by atoms with Gasteiger partial charge in [0, 0.05) is 13.1 Å². The van der Waals surface area contributed by atoms with Gasteiger partial charge in [0.1, 0.15) is 12.2 Å². The Labute approximate surface area is 158 Å². The third kappa shape index (κ3) is 6.80. The lowest BCUT2D eigenvalue weighted by Crippen LogP contribution is -2.54. The molecule has 1 saturated heterocycles. The Hall–Kier alpha value is -2.77. The van der Waals surface area contributed by atoms with Crippen LogP contribution in [-0.4, -0.2) is 52.9 Å². The van der Waals surface area contributed by atoms with E-state index in [1.165, 1.54) is 4.90 Å². The molecule has 1 aromatic rings. The molecular formula is C19H26N2O6. The van der Waals surface area contributed by atoms with E-state index < -0.39 is 35.7 Å². The van der Waals surface area contributed by atoms with Gasteiger partial charge >= 0.3 is 18.2 Å². The molecule has 0 unspecified atom stereocenters. The van der Waals surface area contributed by atoms with Crippen molar-refractivity contribution in [2.45, 2.75) is 45.4 Å². The number of aliphatic carboxylic acids is 1. The molecule has 0 aliphatic carbocycles. The van der Waals surface area contributed by atoms with Crippen molar-refractivity contribution in [1.82, 2.24) is 10.2 Å². The lowest BCUT2D eigenvalue weighted by atomic mass is 9.94. The maximum absolute atomic E-state index is 12.3. The van der Waals surface area contributed by atoms with Gasteiger partial charge in [-0.1, -0.05) is 30.3 Å². The highest BCUT2D eigenvalue weighted by Crippen LogP contribution is 2.20. The van der Waals surface area contributed by atoms with E-state index in [2.05, 4.69) is 5.32 Å². The molecule has 0 saturated carbocycles. The van der Waals surface area contributed by atoms with Crippen LogP contribution >= 0.6 is 0 Å². The third-order valence-electron chi connectivity index (χ3n) is 3.99. The smallest absolute Gasteiger partial charge is 0.410 e. The molecule has 0 radical (unpaired) electrons. The Bertz CT molecular complexity index is 671. The number of benzene rings is 1. The lowest BCUT2D eigenvalue weighted by molar-refractivity contribution is -0.143. The summed E-state index contributed by atoms with van der Waals surface area (Å²) < 4.78 is 10.5. The molecule has 2 N–H and O–H groups in total. The third-order valence-corrected chi connectivity index (χ3v) is 3.99. The average molecular weight is 378 g/mol. The number of nitrogens with one attached hydrogen (secondary N) is 1. The summed E-state index contributed by atoms with van der Waals surface area (Å²) in [7, 11) is 0. The molecule has 2 amide bonds. The average Bonchev–Trinajstić information content (AvgIpc) is 2.59. The largest absolute Gasteiger partial charge is 0.481 e. The Morgan fingerprint density at radius 1 is 1.19 bits per heavy atom. The van der Waals surface area contributed by atoms with Gasteiger partial charge in [-0.25, -0.2) is 9.59 Å². The number of hydrogen-bond acceptors (Lipinski definition) is 5. The van der Waals surface area contributed by atoms with Crippen molar-refractivity contribution in [3.8, 4) is 0 Å². The van der Waals surface area contributed by atoms with E-state index in [1.54, 1.807) is 20.8 Å². The van der Waals surface area contributed by atoms with Crippen molar-refractivity contribution in [2.75, 3.05) is 13.1 Å². The number of alkyl carbamates (subject to hydrolysis) is 1. The Balaban J connectivity index is 1.94. The second-order valence-electron chi connectivity index (χ2n) is 7.56. The predicted octanol–water partition coefficient (Wildman–Crippen LogP) is 2.62. The van der Waals surface area contributed by atoms with Crippen LogP contribution in [0.5, 0.6) is 0 Å². The fraction of sp³-hybridized carbons (Fsp3) is 0.526. The summed E-state index contributed by atoms with van der Waals surface area (Å²) in [5.41, 5.74) is 0.153. The van der Waals surface area contributed by atoms with Gasteiger partial charge in [-0.05, 0) is 32.8 Å². The van der Waals surface area contributed by atoms with Crippen LogP contribution in [0.4, 0.5) is 9.59 Å². The summed E-state index contributed by atoms with van der Waals surface area (Å²) in [4.78, 5) is 37.1. The Kier molecular flexibility index (Phi) is 6.65. The first-order valence-corrected chi connectivity index (χ1v) is 8.82. The molecule has 2 rings (SSSR count). The van der Waals surface area contributed by atoms with Crippen LogP contribution in [0.25, 0.3) is 0 Å². The molecule has 2 atom stereocenters. The quantitative estimate of drug-likeness (QED) is 0.834. The summed E-state index contributed by atoms with van der Waals surface area (Å²) in [5, 5.41) is 12.0. The van der Waals surface area contributed by atoms with Crippen LogP contribution in [0, 0.1) is 5.92 Å². The van der Waals surface area contributed by atoms with Crippen LogP contribution in [0.1, 0.15) is 32.8 Å². The van der Waals surface area contributed by atoms with Crippen LogP contribution in [0.15, 0.2) is 30.3 Å². The molecule has 148 valence electrons. The minimum absolute atomic E-state index is 0.0431. The van der Waals surface area contributed by atoms with Crippen molar-refractivity contribution >= 4 is 18.2 Å². The predicted molar refractivity (Wildman–Crippen MR) is 97.1 cm³/mol. The van der Waals surface area contributed by atoms with E-state index in [0.717, 1.165) is 5.56 Å². The van der Waals surface area contributed by atoms with E-state index in [4.69, 9.17) is 9.47 Å². The highest BCUT2D eigenvalue weighted by Gasteiger charge is 2.36. The van der Waals surface area contributed by atoms with E-state index in [9.17, 15) is 19.5 Å². The maximum Gasteiger partial charge on any atom is 0.410 e. The number of hydrogen-bond donors (Lipinski definition) is 2. The van der Waals surface area contributed by atoms with Crippen molar-refractivity contribution < 1.29 is 29.0 Å². The number of ether oxygens (including phenoxy) is 2. The van der Waals surface area contributed by atoms with Gasteiger partial charge in [-0.15, -0.1) is 0 Å². The summed E-state index contributed by atoms with van der Waals surface area (Å²) >= 11 is 0. The van der Waals surface area contributed by atoms with Crippen LogP contribution < -0.4 is 5.32 Å². The molecule has 1 aliphatic heterocycles. The number of rotatable bonds is 4. The number of carbonyl (C=O) groups excluding carboxylic acids is 2. The van der Waals surface area contributed by atoms with Gasteiger partial charge < -0.3 is 24.8 Å². The van der Waals surface area contributed by atoms with Crippen LogP contribution in [0.3, 0.4) is 0 Å². The molecule has 1 aliphatic rings. The van der Waals surface area contributed by atoms with Gasteiger partial charge in [0.15, 0.2) is 0 Å². The molecule has 8 nitrogen and oxygen atoms in total. The highest BCUT2D eigenvalue weighted by atomic mass is 16.6. The van der Waals surface area contributed by atoms with E-state index >= 15 is 0 Å². The minimum Gasteiger partial charge on any atom is -0.481 e. The van der Waals surface area contributed by atoms with Gasteiger partial charge in [-0.2, -0.15) is 0 Å². The Morgan fingerprint density at radius 3 is 2.44 bits per heavy atom. The van der Waals surface area contributed by atoms with Crippen molar-refractivity contribution in [1.29, 1.82) is 0 Å². The summed E-state index contributed by atoms with van der Waals surface area (Å²) in [6.45, 7) is 5.53. The SMILES string of the molecule is CC(C)(C)OC(=O)N1C[C@@H](NC(=O)OCc2ccccc2)C[C@H](C(=O)O)C1. The van der Waals surface area contributed by atoms with Crippen LogP contribution in [-0.2, 0) is 20.9 Å². The fourth-order valence-corrected chi connectivity index (χ4v) is 2.79. The molecule has 1 aromatic carbocycles. The second-order valence-corrected chi connectivity index (χ2v) is 7.56. The standard InChI is InChI=1S/C19H26N2O6/c1-19(2,3)27-18(25)21-10-14(16(22)23)9-15(11-21)20-17(24)26-12-13-7-5-4-6-8-13/h4-8,14-15H,9-12H2,1-3H3,(H,20,24)(H,22,23)/t14-,15-/m0/s1. The van der Waals surface area contributed by atoms with Crippen molar-refractivity contribution in [3.63, 3.8) is 0 Å². The first-order chi connectivity index (χ1) is 12.6. The summed E-state index contributed by atoms with van der Waals surface area (Å²) in [6.07, 6.45) is -1.04. The zero-order chi connectivity index (χ0) is 20.0. The fourth-order valence-electron chi connectivity index (χ4n) is 2.79. The van der Waals surface area contributed by atoms with Gasteiger partial charge in [-0.3, -0.25) is 4.79 Å². The number of piperidine rings is 1. The molecule has 0 spiro atoms. The van der Waals surface area contributed by atoms with Gasteiger partial charge in [0.05, 0.1) is 12.0 Å². The Morgan fingerprint density at radius 2 is 1.85 bits per heavy atom. The molecule has 1 fully saturated rings. The molecule has 0 aromatic heterocycles. The minimum atomic E-state index is -1.02. The second kappa shape index (κ2) is 8.75. The highest BCUT2D eigenvalue weighted by molar-refractivity contribution is 5.74. The number of likely N-dealkylation sites (tertiary alicyclic amines) is 1. The molecule has 8 heteroatoms. The normalized spacial score (nSPS) is 19.9. The number of amides is 2. The topological polar surface area (TPSA) is 105 Å². The monoisotopic (exact) mass is 378 g/mol. The summed E-state index contributed by atoms with van der Waals surface area (Å²) in [6, 6.07) is 8.68. The zero-order valence-electron chi connectivity index (χ0n) is 15.8.